The zero-order chi connectivity index (χ0) is 20.2. The van der Waals surface area contributed by atoms with Gasteiger partial charge in [-0.15, -0.1) is 0 Å². The van der Waals surface area contributed by atoms with E-state index in [2.05, 4.69) is 0 Å². The second-order valence-corrected chi connectivity index (χ2v) is 7.97. The van der Waals surface area contributed by atoms with Crippen LogP contribution < -0.4 is 0 Å². The van der Waals surface area contributed by atoms with Gasteiger partial charge in [0.15, 0.2) is 0 Å². The molecule has 0 radical (unpaired) electrons. The Morgan fingerprint density at radius 3 is 2.52 bits per heavy atom. The Morgan fingerprint density at radius 1 is 1.33 bits per heavy atom. The second kappa shape index (κ2) is 8.71. The fraction of sp³-hybridized carbons (Fsp3) is 0.526. The Bertz CT molecular complexity index is 700. The molecule has 7 nitrogen and oxygen atoms in total. The average molecular weight is 395 g/mol. The molecule has 1 saturated heterocycles. The first-order valence-electron chi connectivity index (χ1n) is 8.90. The van der Waals surface area contributed by atoms with Gasteiger partial charge in [0, 0.05) is 11.6 Å². The molecule has 1 aromatic rings. The molecule has 1 atom stereocenters. The van der Waals surface area contributed by atoms with E-state index in [0.29, 0.717) is 18.0 Å². The highest BCUT2D eigenvalue weighted by Crippen LogP contribution is 2.24. The van der Waals surface area contributed by atoms with E-state index in [9.17, 15) is 9.90 Å². The molecule has 0 aromatic heterocycles. The summed E-state index contributed by atoms with van der Waals surface area (Å²) in [4.78, 5) is 15.5. The van der Waals surface area contributed by atoms with Gasteiger partial charge in [0.05, 0.1) is 12.6 Å². The molecule has 148 valence electrons. The summed E-state index contributed by atoms with van der Waals surface area (Å²) in [5.74, 6) is 0.0124. The summed E-state index contributed by atoms with van der Waals surface area (Å²) in [6.45, 7) is 5.66. The van der Waals surface area contributed by atoms with Crippen molar-refractivity contribution in [2.75, 3.05) is 13.2 Å². The van der Waals surface area contributed by atoms with E-state index in [-0.39, 0.29) is 18.2 Å². The Hall–Kier alpha value is -2.12. The highest BCUT2D eigenvalue weighted by molar-refractivity contribution is 6.30. The van der Waals surface area contributed by atoms with Crippen molar-refractivity contribution < 1.29 is 14.6 Å². The number of nitrogens with one attached hydrogen (secondary N) is 2. The minimum absolute atomic E-state index is 0.0917. The van der Waals surface area contributed by atoms with E-state index in [1.807, 2.05) is 12.1 Å². The Labute approximate surface area is 164 Å². The molecule has 0 aliphatic carbocycles. The number of amides is 1. The van der Waals surface area contributed by atoms with Gasteiger partial charge in [-0.25, -0.2) is 4.79 Å². The zero-order valence-corrected chi connectivity index (χ0v) is 16.7. The quantitative estimate of drug-likeness (QED) is 0.537. The number of carbonyl (C=O) groups excluding carboxylic acids is 1. The molecule has 0 bridgehead atoms. The number of carbonyl (C=O) groups is 1. The number of amidine groups is 2. The SMILES string of the molecule is CC(C)(C)OC(=O)N1CCC[C@@H]1C(=N)N(Cc1ccc(Cl)cc1)C(=N)CO. The zero-order valence-electron chi connectivity index (χ0n) is 16.0. The van der Waals surface area contributed by atoms with Crippen molar-refractivity contribution >= 4 is 29.4 Å². The van der Waals surface area contributed by atoms with Gasteiger partial charge in [0.2, 0.25) is 0 Å². The molecule has 1 aliphatic rings. The first-order chi connectivity index (χ1) is 12.6. The Kier molecular flexibility index (Phi) is 6.84. The fourth-order valence-electron chi connectivity index (χ4n) is 2.95. The first-order valence-corrected chi connectivity index (χ1v) is 9.28. The lowest BCUT2D eigenvalue weighted by Crippen LogP contribution is -2.50. The van der Waals surface area contributed by atoms with E-state index in [0.717, 1.165) is 12.0 Å². The van der Waals surface area contributed by atoms with Crippen molar-refractivity contribution in [1.82, 2.24) is 9.80 Å². The second-order valence-electron chi connectivity index (χ2n) is 7.53. The van der Waals surface area contributed by atoms with Gasteiger partial charge in [0.1, 0.15) is 23.9 Å². The molecule has 0 spiro atoms. The molecule has 0 unspecified atom stereocenters. The third-order valence-corrected chi connectivity index (χ3v) is 4.47. The molecule has 1 amide bonds. The van der Waals surface area contributed by atoms with Gasteiger partial charge in [-0.05, 0) is 51.3 Å². The number of aliphatic hydroxyl groups excluding tert-OH is 1. The third kappa shape index (κ3) is 5.68. The molecule has 1 aromatic carbocycles. The standard InChI is InChI=1S/C19H27ClN4O3/c1-19(2,3)27-18(26)23-10-4-5-15(23)17(22)24(16(21)12-25)11-13-6-8-14(20)9-7-13/h6-9,15,21-22,25H,4-5,10-12H2,1-3H3/t15-/m1/s1. The molecule has 1 aliphatic heterocycles. The van der Waals surface area contributed by atoms with Gasteiger partial charge in [-0.2, -0.15) is 0 Å². The van der Waals surface area contributed by atoms with Crippen LogP contribution in [0, 0.1) is 10.8 Å². The van der Waals surface area contributed by atoms with Crippen molar-refractivity contribution in [3.8, 4) is 0 Å². The lowest BCUT2D eigenvalue weighted by Gasteiger charge is -2.33. The number of hydrogen-bond donors (Lipinski definition) is 3. The van der Waals surface area contributed by atoms with Gasteiger partial charge in [-0.1, -0.05) is 23.7 Å². The first kappa shape index (κ1) is 21.2. The topological polar surface area (TPSA) is 101 Å². The lowest BCUT2D eigenvalue weighted by atomic mass is 10.1. The number of nitrogens with zero attached hydrogens (tertiary/aromatic N) is 2. The van der Waals surface area contributed by atoms with Crippen molar-refractivity contribution in [3.05, 3.63) is 34.9 Å². The van der Waals surface area contributed by atoms with Gasteiger partial charge < -0.3 is 14.7 Å². The van der Waals surface area contributed by atoms with Crippen LogP contribution in [-0.2, 0) is 11.3 Å². The highest BCUT2D eigenvalue weighted by Gasteiger charge is 2.37. The monoisotopic (exact) mass is 394 g/mol. The number of aliphatic hydroxyl groups is 1. The maximum absolute atomic E-state index is 12.5. The summed E-state index contributed by atoms with van der Waals surface area (Å²) in [5.41, 5.74) is 0.233. The molecule has 1 heterocycles. The van der Waals surface area contributed by atoms with Crippen LogP contribution >= 0.6 is 11.6 Å². The maximum Gasteiger partial charge on any atom is 0.410 e. The summed E-state index contributed by atoms with van der Waals surface area (Å²) < 4.78 is 5.45. The smallest absolute Gasteiger partial charge is 0.410 e. The van der Waals surface area contributed by atoms with E-state index in [1.54, 1.807) is 32.9 Å². The largest absolute Gasteiger partial charge is 0.444 e. The van der Waals surface area contributed by atoms with Crippen molar-refractivity contribution in [2.24, 2.45) is 0 Å². The van der Waals surface area contributed by atoms with Crippen molar-refractivity contribution in [1.29, 1.82) is 10.8 Å². The number of likely N-dealkylation sites (tertiary alicyclic amines) is 1. The molecule has 3 N–H and O–H groups in total. The lowest BCUT2D eigenvalue weighted by molar-refractivity contribution is 0.0260. The van der Waals surface area contributed by atoms with Crippen molar-refractivity contribution in [2.45, 2.75) is 51.8 Å². The minimum Gasteiger partial charge on any atom is -0.444 e. The molecular weight excluding hydrogens is 368 g/mol. The molecule has 8 heteroatoms. The predicted molar refractivity (Wildman–Crippen MR) is 105 cm³/mol. The average Bonchev–Trinajstić information content (AvgIpc) is 3.08. The summed E-state index contributed by atoms with van der Waals surface area (Å²) in [7, 11) is 0. The van der Waals surface area contributed by atoms with Gasteiger partial charge in [0.25, 0.3) is 0 Å². The van der Waals surface area contributed by atoms with Gasteiger partial charge in [-0.3, -0.25) is 15.7 Å². The van der Waals surface area contributed by atoms with E-state index >= 15 is 0 Å². The minimum atomic E-state index is -0.618. The highest BCUT2D eigenvalue weighted by atomic mass is 35.5. The third-order valence-electron chi connectivity index (χ3n) is 4.22. The van der Waals surface area contributed by atoms with Crippen LogP contribution in [0.5, 0.6) is 0 Å². The number of halogens is 1. The van der Waals surface area contributed by atoms with Crippen LogP contribution in [0.15, 0.2) is 24.3 Å². The summed E-state index contributed by atoms with van der Waals surface area (Å²) in [5, 5.41) is 26.8. The Balaban J connectivity index is 2.19. The molecule has 2 rings (SSSR count). The van der Waals surface area contributed by atoms with Crippen LogP contribution in [0.1, 0.15) is 39.2 Å². The molecular formula is C19H27ClN4O3. The van der Waals surface area contributed by atoms with Crippen molar-refractivity contribution in [3.63, 3.8) is 0 Å². The Morgan fingerprint density at radius 2 is 1.96 bits per heavy atom. The van der Waals surface area contributed by atoms with Crippen LogP contribution in [0.2, 0.25) is 5.02 Å². The summed E-state index contributed by atoms with van der Waals surface area (Å²) in [6, 6.07) is 6.62. The van der Waals surface area contributed by atoms with Crippen LogP contribution in [0.3, 0.4) is 0 Å². The summed E-state index contributed by atoms with van der Waals surface area (Å²) in [6.07, 6.45) is 0.915. The van der Waals surface area contributed by atoms with Crippen LogP contribution in [0.25, 0.3) is 0 Å². The van der Waals surface area contributed by atoms with Gasteiger partial charge >= 0.3 is 6.09 Å². The number of benzene rings is 1. The van der Waals surface area contributed by atoms with Crippen LogP contribution in [0.4, 0.5) is 4.79 Å². The van der Waals surface area contributed by atoms with E-state index in [1.165, 1.54) is 9.80 Å². The molecule has 1 fully saturated rings. The normalized spacial score (nSPS) is 16.9. The molecule has 27 heavy (non-hydrogen) atoms. The number of hydrogen-bond acceptors (Lipinski definition) is 5. The van der Waals surface area contributed by atoms with Crippen LogP contribution in [-0.4, -0.2) is 57.5 Å². The molecule has 0 saturated carbocycles. The predicted octanol–water partition coefficient (Wildman–Crippen LogP) is 3.49. The summed E-state index contributed by atoms with van der Waals surface area (Å²) >= 11 is 5.91. The van der Waals surface area contributed by atoms with E-state index in [4.69, 9.17) is 27.2 Å². The number of rotatable bonds is 4. The fourth-order valence-corrected chi connectivity index (χ4v) is 3.08. The maximum atomic E-state index is 12.5. The number of ether oxygens (including phenoxy) is 1. The van der Waals surface area contributed by atoms with E-state index < -0.39 is 24.3 Å².